The molecule has 56 valence electrons. The zero-order chi connectivity index (χ0) is 6.72. The molecule has 0 aromatic rings. The van der Waals surface area contributed by atoms with Crippen molar-refractivity contribution in [2.24, 2.45) is 5.92 Å². The highest BCUT2D eigenvalue weighted by atomic mass is 15.5. The second-order valence-corrected chi connectivity index (χ2v) is 4.11. The summed E-state index contributed by atoms with van der Waals surface area (Å²) in [4.78, 5) is 5.17. The van der Waals surface area contributed by atoms with Crippen molar-refractivity contribution in [3.05, 3.63) is 0 Å². The fourth-order valence-corrected chi connectivity index (χ4v) is 2.80. The van der Waals surface area contributed by atoms with E-state index in [-0.39, 0.29) is 0 Å². The maximum absolute atomic E-state index is 2.64. The fourth-order valence-electron chi connectivity index (χ4n) is 2.80. The van der Waals surface area contributed by atoms with E-state index < -0.39 is 0 Å². The molecule has 4 unspecified atom stereocenters. The minimum absolute atomic E-state index is 0.837. The summed E-state index contributed by atoms with van der Waals surface area (Å²) in [7, 11) is 2.27. The summed E-state index contributed by atoms with van der Waals surface area (Å²) in [5, 5.41) is 0. The summed E-state index contributed by atoms with van der Waals surface area (Å²) >= 11 is 0. The molecule has 3 heterocycles. The lowest BCUT2D eigenvalue weighted by molar-refractivity contribution is 0.184. The molecule has 0 aromatic carbocycles. The first kappa shape index (κ1) is 5.56. The van der Waals surface area contributed by atoms with E-state index in [0.717, 1.165) is 18.1 Å². The van der Waals surface area contributed by atoms with Crippen molar-refractivity contribution in [3.8, 4) is 0 Å². The third-order valence-corrected chi connectivity index (χ3v) is 3.34. The van der Waals surface area contributed by atoms with Gasteiger partial charge >= 0.3 is 0 Å². The summed E-state index contributed by atoms with van der Waals surface area (Å²) in [6.45, 7) is 2.75. The van der Waals surface area contributed by atoms with E-state index >= 15 is 0 Å². The molecule has 0 N–H and O–H groups in total. The van der Waals surface area contributed by atoms with E-state index in [1.54, 1.807) is 0 Å². The van der Waals surface area contributed by atoms with Crippen LogP contribution in [0.1, 0.15) is 12.8 Å². The first-order chi connectivity index (χ1) is 4.84. The van der Waals surface area contributed by atoms with Crippen LogP contribution >= 0.6 is 0 Å². The van der Waals surface area contributed by atoms with Gasteiger partial charge in [-0.25, -0.2) is 0 Å². The van der Waals surface area contributed by atoms with Crippen LogP contribution in [0.15, 0.2) is 0 Å². The highest BCUT2D eigenvalue weighted by Gasteiger charge is 2.51. The van der Waals surface area contributed by atoms with Crippen molar-refractivity contribution < 1.29 is 0 Å². The van der Waals surface area contributed by atoms with Gasteiger partial charge in [-0.2, -0.15) is 0 Å². The highest BCUT2D eigenvalue weighted by molar-refractivity contribution is 5.04. The Morgan fingerprint density at radius 1 is 1.20 bits per heavy atom. The van der Waals surface area contributed by atoms with Gasteiger partial charge in [-0.1, -0.05) is 0 Å². The van der Waals surface area contributed by atoms with Crippen LogP contribution in [-0.4, -0.2) is 42.1 Å². The van der Waals surface area contributed by atoms with Gasteiger partial charge in [-0.05, 0) is 25.8 Å². The third kappa shape index (κ3) is 0.565. The quantitative estimate of drug-likeness (QED) is 0.446. The molecule has 0 radical (unpaired) electrons. The molecular formula is C8H14N2. The lowest BCUT2D eigenvalue weighted by Gasteiger charge is -2.22. The molecule has 3 aliphatic heterocycles. The van der Waals surface area contributed by atoms with Crippen molar-refractivity contribution in [1.82, 2.24) is 9.80 Å². The molecule has 0 aromatic heterocycles. The molecule has 0 aliphatic carbocycles. The van der Waals surface area contributed by atoms with E-state index in [1.165, 1.54) is 25.9 Å². The van der Waals surface area contributed by atoms with Gasteiger partial charge in [0.1, 0.15) is 0 Å². The van der Waals surface area contributed by atoms with Gasteiger partial charge in [0, 0.05) is 19.1 Å². The number of likely N-dealkylation sites (tertiary alicyclic amines) is 1. The minimum atomic E-state index is 0.837. The number of hydrogen-bond acceptors (Lipinski definition) is 2. The van der Waals surface area contributed by atoms with Crippen LogP contribution in [0.5, 0.6) is 0 Å². The minimum Gasteiger partial charge on any atom is -0.291 e. The number of piperidine rings is 1. The van der Waals surface area contributed by atoms with Crippen LogP contribution in [0.2, 0.25) is 0 Å². The van der Waals surface area contributed by atoms with Crippen molar-refractivity contribution >= 4 is 0 Å². The number of hydrogen-bond donors (Lipinski definition) is 0. The number of fused-ring (bicyclic) bond motifs is 4. The van der Waals surface area contributed by atoms with Crippen LogP contribution < -0.4 is 0 Å². The van der Waals surface area contributed by atoms with E-state index in [0.29, 0.717) is 0 Å². The summed E-state index contributed by atoms with van der Waals surface area (Å²) in [5.74, 6) is 1.04. The average molecular weight is 138 g/mol. The largest absolute Gasteiger partial charge is 0.291 e. The molecular weight excluding hydrogens is 124 g/mol. The molecule has 0 spiro atoms. The topological polar surface area (TPSA) is 6.25 Å². The maximum Gasteiger partial charge on any atom is 0.0626 e. The first-order valence-electron chi connectivity index (χ1n) is 4.30. The summed E-state index contributed by atoms with van der Waals surface area (Å²) in [5.41, 5.74) is 0. The van der Waals surface area contributed by atoms with Gasteiger partial charge in [0.2, 0.25) is 0 Å². The first-order valence-corrected chi connectivity index (χ1v) is 4.30. The predicted octanol–water partition coefficient (Wildman–Crippen LogP) is 0.352. The van der Waals surface area contributed by atoms with Gasteiger partial charge in [-0.3, -0.25) is 9.80 Å². The Hall–Kier alpha value is -0.0800. The van der Waals surface area contributed by atoms with Crippen molar-refractivity contribution in [1.29, 1.82) is 0 Å². The molecule has 3 fully saturated rings. The van der Waals surface area contributed by atoms with Crippen LogP contribution in [0.25, 0.3) is 0 Å². The van der Waals surface area contributed by atoms with Crippen molar-refractivity contribution in [2.45, 2.75) is 25.0 Å². The smallest absolute Gasteiger partial charge is 0.0626 e. The Kier molecular flexibility index (Phi) is 0.868. The van der Waals surface area contributed by atoms with Gasteiger partial charge in [0.15, 0.2) is 0 Å². The van der Waals surface area contributed by atoms with Crippen LogP contribution in [0.4, 0.5) is 0 Å². The van der Waals surface area contributed by atoms with Crippen molar-refractivity contribution in [2.75, 3.05) is 20.1 Å². The number of rotatable bonds is 0. The Balaban J connectivity index is 1.90. The standard InChI is InChI=1S/C8H14N2/c1-9-4-6-2-7-5-10(7)8(9)3-6/h6-8H,2-5H2,1H3. The van der Waals surface area contributed by atoms with E-state index in [2.05, 4.69) is 16.8 Å². The molecule has 2 nitrogen and oxygen atoms in total. The Morgan fingerprint density at radius 3 is 3.00 bits per heavy atom. The van der Waals surface area contributed by atoms with Crippen LogP contribution in [-0.2, 0) is 0 Å². The van der Waals surface area contributed by atoms with Gasteiger partial charge in [-0.15, -0.1) is 0 Å². The normalized spacial score (nSPS) is 58.5. The van der Waals surface area contributed by atoms with E-state index in [1.807, 2.05) is 0 Å². The summed E-state index contributed by atoms with van der Waals surface area (Å²) < 4.78 is 0. The van der Waals surface area contributed by atoms with Crippen LogP contribution in [0.3, 0.4) is 0 Å². The molecule has 3 rings (SSSR count). The Labute approximate surface area is 61.8 Å². The fraction of sp³-hybridized carbons (Fsp3) is 1.00. The highest BCUT2D eigenvalue weighted by Crippen LogP contribution is 2.42. The molecule has 0 saturated carbocycles. The van der Waals surface area contributed by atoms with Gasteiger partial charge in [0.25, 0.3) is 0 Å². The van der Waals surface area contributed by atoms with Gasteiger partial charge < -0.3 is 0 Å². The van der Waals surface area contributed by atoms with Crippen LogP contribution in [0, 0.1) is 5.92 Å². The second-order valence-electron chi connectivity index (χ2n) is 4.11. The predicted molar refractivity (Wildman–Crippen MR) is 39.6 cm³/mol. The summed E-state index contributed by atoms with van der Waals surface area (Å²) in [6, 6.07) is 0.994. The zero-order valence-corrected chi connectivity index (χ0v) is 6.45. The SMILES string of the molecule is CN1CC2CC3CN3C1C2. The zero-order valence-electron chi connectivity index (χ0n) is 6.45. The Morgan fingerprint density at radius 2 is 2.10 bits per heavy atom. The lowest BCUT2D eigenvalue weighted by Crippen LogP contribution is -2.32. The number of nitrogens with zero attached hydrogens (tertiary/aromatic N) is 2. The molecule has 10 heavy (non-hydrogen) atoms. The molecule has 0 amide bonds. The molecule has 4 atom stereocenters. The second kappa shape index (κ2) is 1.56. The van der Waals surface area contributed by atoms with Gasteiger partial charge in [0.05, 0.1) is 6.17 Å². The maximum atomic E-state index is 2.64. The molecule has 2 bridgehead atoms. The van der Waals surface area contributed by atoms with E-state index in [9.17, 15) is 0 Å². The summed E-state index contributed by atoms with van der Waals surface area (Å²) in [6.07, 6.45) is 3.78. The monoisotopic (exact) mass is 138 g/mol. The lowest BCUT2D eigenvalue weighted by atomic mass is 10.00. The molecule has 3 saturated heterocycles. The third-order valence-electron chi connectivity index (χ3n) is 3.34. The average Bonchev–Trinajstić information content (AvgIpc) is 2.57. The Bertz CT molecular complexity index is 165. The molecule has 3 aliphatic rings. The molecule has 2 heteroatoms. The van der Waals surface area contributed by atoms with E-state index in [4.69, 9.17) is 0 Å². The van der Waals surface area contributed by atoms with Crippen molar-refractivity contribution in [3.63, 3.8) is 0 Å².